The summed E-state index contributed by atoms with van der Waals surface area (Å²) in [6.07, 6.45) is -3.08. The summed E-state index contributed by atoms with van der Waals surface area (Å²) < 4.78 is 38.3. The van der Waals surface area contributed by atoms with Gasteiger partial charge in [-0.2, -0.15) is 13.2 Å². The van der Waals surface area contributed by atoms with Crippen LogP contribution in [0.1, 0.15) is 40.2 Å². The topological polar surface area (TPSA) is 49.3 Å². The first-order valence-electron chi connectivity index (χ1n) is 6.04. The Morgan fingerprint density at radius 1 is 1.21 bits per heavy atom. The molecule has 0 radical (unpaired) electrons. The molecule has 0 atom stereocenters. The molecule has 1 aliphatic rings. The molecule has 2 N–H and O–H groups in total. The second kappa shape index (κ2) is 5.21. The lowest BCUT2D eigenvalue weighted by Gasteiger charge is -2.24. The summed E-state index contributed by atoms with van der Waals surface area (Å²) in [5, 5.41) is 12.0. The number of alkyl halides is 3. The van der Waals surface area contributed by atoms with Crippen molar-refractivity contribution < 1.29 is 23.1 Å². The standard InChI is InChI=1S/C13H14F3NO2/c14-13(15,16)11-6-9(5-10(7-11)12(18)19)8-1-3-17-4-2-8/h5-8,17H,1-4H2,(H,18,19). The smallest absolute Gasteiger partial charge is 0.416 e. The van der Waals surface area contributed by atoms with Crippen molar-refractivity contribution in [3.8, 4) is 0 Å². The van der Waals surface area contributed by atoms with Gasteiger partial charge in [0.2, 0.25) is 0 Å². The molecule has 104 valence electrons. The van der Waals surface area contributed by atoms with Crippen LogP contribution in [0.2, 0.25) is 0 Å². The molecular weight excluding hydrogens is 259 g/mol. The summed E-state index contributed by atoms with van der Waals surface area (Å²) in [6.45, 7) is 1.48. The van der Waals surface area contributed by atoms with Crippen molar-refractivity contribution in [1.29, 1.82) is 0 Å². The summed E-state index contributed by atoms with van der Waals surface area (Å²) in [5.74, 6) is -1.34. The number of carboxylic acids is 1. The number of piperidine rings is 1. The van der Waals surface area contributed by atoms with Crippen molar-refractivity contribution in [3.63, 3.8) is 0 Å². The van der Waals surface area contributed by atoms with Gasteiger partial charge in [-0.15, -0.1) is 0 Å². The molecule has 0 saturated carbocycles. The van der Waals surface area contributed by atoms with E-state index in [4.69, 9.17) is 5.11 Å². The van der Waals surface area contributed by atoms with Gasteiger partial charge in [0.25, 0.3) is 0 Å². The van der Waals surface area contributed by atoms with E-state index in [1.807, 2.05) is 0 Å². The molecule has 0 aliphatic carbocycles. The maximum atomic E-state index is 12.8. The number of hydrogen-bond donors (Lipinski definition) is 2. The number of halogens is 3. The molecule has 1 fully saturated rings. The Bertz CT molecular complexity index is 479. The molecule has 2 rings (SSSR count). The van der Waals surface area contributed by atoms with Gasteiger partial charge < -0.3 is 10.4 Å². The molecule has 0 aromatic heterocycles. The van der Waals surface area contributed by atoms with E-state index in [0.717, 1.165) is 32.0 Å². The zero-order chi connectivity index (χ0) is 14.0. The number of aromatic carboxylic acids is 1. The molecule has 0 spiro atoms. The summed E-state index contributed by atoms with van der Waals surface area (Å²) in [7, 11) is 0. The minimum absolute atomic E-state index is 0.0124. The third kappa shape index (κ3) is 3.26. The van der Waals surface area contributed by atoms with Crippen LogP contribution in [0.25, 0.3) is 0 Å². The van der Waals surface area contributed by atoms with Gasteiger partial charge in [-0.3, -0.25) is 0 Å². The Morgan fingerprint density at radius 3 is 2.37 bits per heavy atom. The number of nitrogens with one attached hydrogen (secondary N) is 1. The van der Waals surface area contributed by atoms with E-state index in [2.05, 4.69) is 5.32 Å². The highest BCUT2D eigenvalue weighted by Crippen LogP contribution is 2.34. The van der Waals surface area contributed by atoms with E-state index in [1.165, 1.54) is 6.07 Å². The summed E-state index contributed by atoms with van der Waals surface area (Å²) in [4.78, 5) is 10.9. The quantitative estimate of drug-likeness (QED) is 0.871. The van der Waals surface area contributed by atoms with Gasteiger partial charge in [-0.05, 0) is 55.6 Å². The van der Waals surface area contributed by atoms with Gasteiger partial charge >= 0.3 is 12.1 Å². The summed E-state index contributed by atoms with van der Waals surface area (Å²) >= 11 is 0. The van der Waals surface area contributed by atoms with Crippen LogP contribution in [0.5, 0.6) is 0 Å². The van der Waals surface area contributed by atoms with Crippen molar-refractivity contribution in [2.45, 2.75) is 24.9 Å². The fourth-order valence-corrected chi connectivity index (χ4v) is 2.33. The molecular formula is C13H14F3NO2. The maximum absolute atomic E-state index is 12.8. The van der Waals surface area contributed by atoms with E-state index in [1.54, 1.807) is 0 Å². The number of carboxylic acid groups (broad SMARTS) is 1. The van der Waals surface area contributed by atoms with Gasteiger partial charge in [-0.25, -0.2) is 4.79 Å². The van der Waals surface area contributed by atoms with Crippen LogP contribution in [-0.2, 0) is 6.18 Å². The van der Waals surface area contributed by atoms with Crippen LogP contribution >= 0.6 is 0 Å². The predicted octanol–water partition coefficient (Wildman–Crippen LogP) is 2.87. The molecule has 0 amide bonds. The zero-order valence-electron chi connectivity index (χ0n) is 10.1. The van der Waals surface area contributed by atoms with Gasteiger partial charge in [0, 0.05) is 0 Å². The Balaban J connectivity index is 2.41. The second-order valence-corrected chi connectivity index (χ2v) is 4.67. The second-order valence-electron chi connectivity index (χ2n) is 4.67. The Hall–Kier alpha value is -1.56. The fourth-order valence-electron chi connectivity index (χ4n) is 2.33. The Kier molecular flexibility index (Phi) is 3.80. The lowest BCUT2D eigenvalue weighted by Crippen LogP contribution is -2.27. The van der Waals surface area contributed by atoms with Crippen molar-refractivity contribution in [3.05, 3.63) is 34.9 Å². The molecule has 1 heterocycles. The van der Waals surface area contributed by atoms with Gasteiger partial charge in [-0.1, -0.05) is 0 Å². The fraction of sp³-hybridized carbons (Fsp3) is 0.462. The summed E-state index contributed by atoms with van der Waals surface area (Å²) in [6, 6.07) is 3.11. The molecule has 0 bridgehead atoms. The Labute approximate surface area is 108 Å². The van der Waals surface area contributed by atoms with Gasteiger partial charge in [0.1, 0.15) is 0 Å². The van der Waals surface area contributed by atoms with E-state index >= 15 is 0 Å². The van der Waals surface area contributed by atoms with Crippen molar-refractivity contribution in [2.75, 3.05) is 13.1 Å². The lowest BCUT2D eigenvalue weighted by molar-refractivity contribution is -0.137. The maximum Gasteiger partial charge on any atom is 0.416 e. The third-order valence-electron chi connectivity index (χ3n) is 3.34. The van der Waals surface area contributed by atoms with Gasteiger partial charge in [0.15, 0.2) is 0 Å². The average molecular weight is 273 g/mol. The van der Waals surface area contributed by atoms with E-state index in [-0.39, 0.29) is 11.5 Å². The van der Waals surface area contributed by atoms with Gasteiger partial charge in [0.05, 0.1) is 11.1 Å². The average Bonchev–Trinajstić information content (AvgIpc) is 2.38. The molecule has 1 aliphatic heterocycles. The van der Waals surface area contributed by atoms with Crippen molar-refractivity contribution in [2.24, 2.45) is 0 Å². The molecule has 6 heteroatoms. The molecule has 1 saturated heterocycles. The van der Waals surface area contributed by atoms with E-state index in [9.17, 15) is 18.0 Å². The number of carbonyl (C=O) groups is 1. The summed E-state index contributed by atoms with van der Waals surface area (Å²) in [5.41, 5.74) is -0.724. The van der Waals surface area contributed by atoms with Crippen LogP contribution < -0.4 is 5.32 Å². The highest BCUT2D eigenvalue weighted by atomic mass is 19.4. The highest BCUT2D eigenvalue weighted by Gasteiger charge is 2.32. The lowest BCUT2D eigenvalue weighted by atomic mass is 9.88. The normalized spacial score (nSPS) is 17.4. The molecule has 1 aromatic rings. The van der Waals surface area contributed by atoms with Crippen molar-refractivity contribution in [1.82, 2.24) is 5.32 Å². The number of hydrogen-bond acceptors (Lipinski definition) is 2. The first kappa shape index (κ1) is 13.9. The van der Waals surface area contributed by atoms with E-state index in [0.29, 0.717) is 11.6 Å². The van der Waals surface area contributed by atoms with Crippen molar-refractivity contribution >= 4 is 5.97 Å². The largest absolute Gasteiger partial charge is 0.478 e. The first-order valence-corrected chi connectivity index (χ1v) is 6.04. The van der Waals surface area contributed by atoms with Crippen LogP contribution in [0.4, 0.5) is 13.2 Å². The molecule has 0 unspecified atom stereocenters. The first-order chi connectivity index (χ1) is 8.88. The molecule has 19 heavy (non-hydrogen) atoms. The predicted molar refractivity (Wildman–Crippen MR) is 63.2 cm³/mol. The Morgan fingerprint density at radius 2 is 1.84 bits per heavy atom. The molecule has 1 aromatic carbocycles. The minimum atomic E-state index is -4.52. The van der Waals surface area contributed by atoms with Crippen LogP contribution in [0, 0.1) is 0 Å². The zero-order valence-corrected chi connectivity index (χ0v) is 10.1. The minimum Gasteiger partial charge on any atom is -0.478 e. The van der Waals surface area contributed by atoms with Crippen LogP contribution in [0.3, 0.4) is 0 Å². The molecule has 3 nitrogen and oxygen atoms in total. The van der Waals surface area contributed by atoms with Crippen LogP contribution in [-0.4, -0.2) is 24.2 Å². The van der Waals surface area contributed by atoms with E-state index < -0.39 is 17.7 Å². The SMILES string of the molecule is O=C(O)c1cc(C2CCNCC2)cc(C(F)(F)F)c1. The number of rotatable bonds is 2. The van der Waals surface area contributed by atoms with Crippen LogP contribution in [0.15, 0.2) is 18.2 Å². The monoisotopic (exact) mass is 273 g/mol. The number of benzene rings is 1. The third-order valence-corrected chi connectivity index (χ3v) is 3.34. The highest BCUT2D eigenvalue weighted by molar-refractivity contribution is 5.88.